The lowest BCUT2D eigenvalue weighted by Crippen LogP contribution is -2.42. The summed E-state index contributed by atoms with van der Waals surface area (Å²) in [7, 11) is 0. The number of carbonyl (C=O) groups excluding carboxylic acids is 1. The van der Waals surface area contributed by atoms with Gasteiger partial charge < -0.3 is 24.4 Å². The molecule has 0 unspecified atom stereocenters. The van der Waals surface area contributed by atoms with Crippen LogP contribution in [0.15, 0.2) is 12.1 Å². The summed E-state index contributed by atoms with van der Waals surface area (Å²) in [5.74, 6) is 1.44. The number of amides is 1. The lowest BCUT2D eigenvalue weighted by molar-refractivity contribution is -0.120. The van der Waals surface area contributed by atoms with Crippen molar-refractivity contribution < 1.29 is 19.0 Å². The fourth-order valence-corrected chi connectivity index (χ4v) is 4.13. The Kier molecular flexibility index (Phi) is 8.63. The van der Waals surface area contributed by atoms with Crippen molar-refractivity contribution in [2.45, 2.75) is 52.5 Å². The number of ether oxygens (including phenoxy) is 3. The van der Waals surface area contributed by atoms with Crippen LogP contribution in [0.5, 0.6) is 11.5 Å². The van der Waals surface area contributed by atoms with Gasteiger partial charge in [0.2, 0.25) is 5.91 Å². The van der Waals surface area contributed by atoms with Crippen LogP contribution in [0.4, 0.5) is 11.4 Å². The number of carbonyl (C=O) groups is 1. The number of morpholine rings is 1. The Morgan fingerprint density at radius 1 is 1.00 bits per heavy atom. The Bertz CT molecular complexity index is 683. The molecule has 1 atom stereocenters. The van der Waals surface area contributed by atoms with Crippen LogP contribution in [0.3, 0.4) is 0 Å². The molecular formula is C23H37N3O4. The molecule has 0 radical (unpaired) electrons. The highest BCUT2D eigenvalue weighted by atomic mass is 16.5. The average molecular weight is 420 g/mol. The standard InChI is InChI=1S/C23H37N3O4/c1-4-29-21-17-20(26-12-14-28-15-13-26)22(30-5-2)16-19(21)24-23(27)18(3)25-10-8-6-7-9-11-25/h16-18H,4-15H2,1-3H3,(H,24,27)/t18-/m1/s1. The highest BCUT2D eigenvalue weighted by molar-refractivity contribution is 5.96. The Balaban J connectivity index is 1.82. The highest BCUT2D eigenvalue weighted by Crippen LogP contribution is 2.39. The SMILES string of the molecule is CCOc1cc(N2CCOCC2)c(OCC)cc1NC(=O)[C@@H](C)N1CCCCCC1. The third kappa shape index (κ3) is 5.79. The van der Waals surface area contributed by atoms with Gasteiger partial charge in [0.05, 0.1) is 43.8 Å². The van der Waals surface area contributed by atoms with E-state index in [2.05, 4.69) is 15.1 Å². The van der Waals surface area contributed by atoms with Crippen molar-refractivity contribution in [1.29, 1.82) is 0 Å². The molecule has 0 aliphatic carbocycles. The molecule has 1 amide bonds. The van der Waals surface area contributed by atoms with Gasteiger partial charge in [0.25, 0.3) is 0 Å². The molecule has 1 aromatic carbocycles. The minimum absolute atomic E-state index is 0.000533. The molecule has 1 aromatic rings. The van der Waals surface area contributed by atoms with Gasteiger partial charge in [-0.05, 0) is 46.7 Å². The van der Waals surface area contributed by atoms with Crippen molar-refractivity contribution >= 4 is 17.3 Å². The zero-order valence-corrected chi connectivity index (χ0v) is 18.7. The summed E-state index contributed by atoms with van der Waals surface area (Å²) in [5, 5.41) is 3.11. The molecule has 0 spiro atoms. The van der Waals surface area contributed by atoms with E-state index in [0.717, 1.165) is 50.5 Å². The Morgan fingerprint density at radius 3 is 2.27 bits per heavy atom. The summed E-state index contributed by atoms with van der Waals surface area (Å²) in [6.07, 6.45) is 4.81. The number of benzene rings is 1. The molecule has 1 N–H and O–H groups in total. The second-order valence-corrected chi connectivity index (χ2v) is 7.90. The van der Waals surface area contributed by atoms with Crippen LogP contribution in [0.1, 0.15) is 46.5 Å². The van der Waals surface area contributed by atoms with E-state index in [9.17, 15) is 4.79 Å². The summed E-state index contributed by atoms with van der Waals surface area (Å²) in [6.45, 7) is 12.0. The van der Waals surface area contributed by atoms with Crippen LogP contribution < -0.4 is 19.7 Å². The third-order valence-electron chi connectivity index (χ3n) is 5.84. The summed E-state index contributed by atoms with van der Waals surface area (Å²) in [5.41, 5.74) is 1.66. The lowest BCUT2D eigenvalue weighted by Gasteiger charge is -2.31. The van der Waals surface area contributed by atoms with Crippen molar-refractivity contribution in [3.05, 3.63) is 12.1 Å². The van der Waals surface area contributed by atoms with Gasteiger partial charge in [0, 0.05) is 25.2 Å². The number of rotatable bonds is 8. The Hall–Kier alpha value is -1.99. The first-order chi connectivity index (χ1) is 14.6. The first-order valence-electron chi connectivity index (χ1n) is 11.4. The van der Waals surface area contributed by atoms with Gasteiger partial charge in [-0.25, -0.2) is 0 Å². The molecule has 2 heterocycles. The third-order valence-corrected chi connectivity index (χ3v) is 5.84. The van der Waals surface area contributed by atoms with E-state index < -0.39 is 0 Å². The van der Waals surface area contributed by atoms with E-state index in [4.69, 9.17) is 14.2 Å². The molecule has 7 nitrogen and oxygen atoms in total. The summed E-state index contributed by atoms with van der Waals surface area (Å²) < 4.78 is 17.3. The first kappa shape index (κ1) is 22.7. The first-order valence-corrected chi connectivity index (χ1v) is 11.4. The molecule has 0 saturated carbocycles. The van der Waals surface area contributed by atoms with E-state index in [1.165, 1.54) is 12.8 Å². The Morgan fingerprint density at radius 2 is 1.63 bits per heavy atom. The van der Waals surface area contributed by atoms with E-state index in [1.54, 1.807) is 0 Å². The number of anilines is 2. The van der Waals surface area contributed by atoms with Crippen molar-refractivity contribution in [1.82, 2.24) is 4.90 Å². The van der Waals surface area contributed by atoms with Gasteiger partial charge in [-0.1, -0.05) is 12.8 Å². The fraction of sp³-hybridized carbons (Fsp3) is 0.696. The zero-order valence-electron chi connectivity index (χ0n) is 18.7. The second-order valence-electron chi connectivity index (χ2n) is 7.90. The highest BCUT2D eigenvalue weighted by Gasteiger charge is 2.25. The zero-order chi connectivity index (χ0) is 21.3. The van der Waals surface area contributed by atoms with Crippen molar-refractivity contribution in [3.63, 3.8) is 0 Å². The van der Waals surface area contributed by atoms with Crippen molar-refractivity contribution in [2.75, 3.05) is 62.8 Å². The lowest BCUT2D eigenvalue weighted by atomic mass is 10.2. The molecule has 0 aromatic heterocycles. The maximum Gasteiger partial charge on any atom is 0.241 e. The van der Waals surface area contributed by atoms with Gasteiger partial charge in [-0.15, -0.1) is 0 Å². The summed E-state index contributed by atoms with van der Waals surface area (Å²) in [6, 6.07) is 3.73. The second kappa shape index (κ2) is 11.4. The molecule has 3 rings (SSSR count). The van der Waals surface area contributed by atoms with Gasteiger partial charge in [-0.2, -0.15) is 0 Å². The maximum atomic E-state index is 13.1. The van der Waals surface area contributed by atoms with Crippen molar-refractivity contribution in [3.8, 4) is 11.5 Å². The van der Waals surface area contributed by atoms with Gasteiger partial charge >= 0.3 is 0 Å². The smallest absolute Gasteiger partial charge is 0.241 e. The minimum Gasteiger partial charge on any atom is -0.492 e. The quantitative estimate of drug-likeness (QED) is 0.696. The van der Waals surface area contributed by atoms with Crippen LogP contribution in [-0.2, 0) is 9.53 Å². The molecule has 30 heavy (non-hydrogen) atoms. The number of hydrogen-bond acceptors (Lipinski definition) is 6. The van der Waals surface area contributed by atoms with Gasteiger partial charge in [-0.3, -0.25) is 9.69 Å². The summed E-state index contributed by atoms with van der Waals surface area (Å²) >= 11 is 0. The van der Waals surface area contributed by atoms with Crippen LogP contribution in [-0.4, -0.2) is 69.5 Å². The van der Waals surface area contributed by atoms with E-state index in [0.29, 0.717) is 37.9 Å². The molecule has 7 heteroatoms. The topological polar surface area (TPSA) is 63.3 Å². The van der Waals surface area contributed by atoms with E-state index in [-0.39, 0.29) is 11.9 Å². The Labute approximate surface area is 180 Å². The molecule has 2 aliphatic rings. The van der Waals surface area contributed by atoms with Gasteiger partial charge in [0.15, 0.2) is 0 Å². The largest absolute Gasteiger partial charge is 0.492 e. The molecule has 2 fully saturated rings. The fourth-order valence-electron chi connectivity index (χ4n) is 4.13. The number of likely N-dealkylation sites (tertiary alicyclic amines) is 1. The van der Waals surface area contributed by atoms with E-state index in [1.807, 2.05) is 32.9 Å². The van der Waals surface area contributed by atoms with E-state index >= 15 is 0 Å². The molecule has 2 aliphatic heterocycles. The molecule has 168 valence electrons. The molecular weight excluding hydrogens is 382 g/mol. The monoisotopic (exact) mass is 419 g/mol. The van der Waals surface area contributed by atoms with Crippen LogP contribution in [0, 0.1) is 0 Å². The van der Waals surface area contributed by atoms with Crippen LogP contribution in [0.2, 0.25) is 0 Å². The minimum atomic E-state index is -0.174. The average Bonchev–Trinajstić information content (AvgIpc) is 3.05. The molecule has 2 saturated heterocycles. The molecule has 0 bridgehead atoms. The predicted molar refractivity (Wildman–Crippen MR) is 120 cm³/mol. The summed E-state index contributed by atoms with van der Waals surface area (Å²) in [4.78, 5) is 17.6. The number of nitrogens with zero attached hydrogens (tertiary/aromatic N) is 2. The normalized spacial score (nSPS) is 19.1. The number of hydrogen-bond donors (Lipinski definition) is 1. The van der Waals surface area contributed by atoms with Crippen LogP contribution in [0.25, 0.3) is 0 Å². The van der Waals surface area contributed by atoms with Crippen molar-refractivity contribution in [2.24, 2.45) is 0 Å². The number of nitrogens with one attached hydrogen (secondary N) is 1. The maximum absolute atomic E-state index is 13.1. The predicted octanol–water partition coefficient (Wildman–Crippen LogP) is 3.52. The van der Waals surface area contributed by atoms with Gasteiger partial charge in [0.1, 0.15) is 11.5 Å². The van der Waals surface area contributed by atoms with Crippen LogP contribution >= 0.6 is 0 Å².